The van der Waals surface area contributed by atoms with Crippen LogP contribution < -0.4 is 9.62 Å². The number of carbonyl (C=O) groups is 1. The van der Waals surface area contributed by atoms with E-state index in [4.69, 9.17) is 23.2 Å². The summed E-state index contributed by atoms with van der Waals surface area (Å²) >= 11 is 14.7. The molecule has 0 saturated carbocycles. The topological polar surface area (TPSA) is 92.3 Å². The van der Waals surface area contributed by atoms with E-state index in [1.54, 1.807) is 11.8 Å². The summed E-state index contributed by atoms with van der Waals surface area (Å²) in [5.74, 6) is 0.368. The van der Waals surface area contributed by atoms with Crippen molar-refractivity contribution in [2.45, 2.75) is 30.6 Å². The number of sulfonamides is 1. The Balaban J connectivity index is 2.22. The lowest BCUT2D eigenvalue weighted by molar-refractivity contribution is -0.116. The van der Waals surface area contributed by atoms with Crippen molar-refractivity contribution >= 4 is 73.0 Å². The highest BCUT2D eigenvalue weighted by atomic mass is 35.5. The summed E-state index contributed by atoms with van der Waals surface area (Å²) in [6, 6.07) is 3.33. The van der Waals surface area contributed by atoms with Gasteiger partial charge in [0, 0.05) is 5.75 Å². The third-order valence-electron chi connectivity index (χ3n) is 3.31. The first-order valence-electron chi connectivity index (χ1n) is 7.85. The highest BCUT2D eigenvalue weighted by Gasteiger charge is 2.30. The second-order valence-corrected chi connectivity index (χ2v) is 10.5. The Morgan fingerprint density at radius 3 is 2.63 bits per heavy atom. The van der Waals surface area contributed by atoms with Gasteiger partial charge >= 0.3 is 0 Å². The molecule has 27 heavy (non-hydrogen) atoms. The molecule has 148 valence electrons. The molecule has 1 aromatic heterocycles. The van der Waals surface area contributed by atoms with Crippen LogP contribution in [-0.4, -0.2) is 42.6 Å². The monoisotopic (exact) mass is 468 g/mol. The lowest BCUT2D eigenvalue weighted by atomic mass is 10.2. The van der Waals surface area contributed by atoms with Crippen LogP contribution in [0.25, 0.3) is 0 Å². The number of anilines is 2. The molecular weight excluding hydrogens is 451 g/mol. The molecule has 0 unspecified atom stereocenters. The van der Waals surface area contributed by atoms with Gasteiger partial charge in [-0.1, -0.05) is 53.2 Å². The van der Waals surface area contributed by atoms with Crippen LogP contribution in [0.4, 0.5) is 10.8 Å². The Morgan fingerprint density at radius 2 is 2.04 bits per heavy atom. The van der Waals surface area contributed by atoms with Crippen LogP contribution in [0.5, 0.6) is 0 Å². The fourth-order valence-corrected chi connectivity index (χ4v) is 5.29. The molecule has 0 bridgehead atoms. The smallest absolute Gasteiger partial charge is 0.249 e. The van der Waals surface area contributed by atoms with Gasteiger partial charge in [0.15, 0.2) is 4.34 Å². The van der Waals surface area contributed by atoms with Crippen molar-refractivity contribution < 1.29 is 13.2 Å². The molecule has 1 atom stereocenters. The number of thioether (sulfide) groups is 1. The molecule has 1 N–H and O–H groups in total. The summed E-state index contributed by atoms with van der Waals surface area (Å²) in [6.45, 7) is 3.54. The molecule has 0 aliphatic carbocycles. The lowest BCUT2D eigenvalue weighted by Crippen LogP contribution is -2.45. The number of nitrogens with zero attached hydrogens (tertiary/aromatic N) is 3. The van der Waals surface area contributed by atoms with Gasteiger partial charge in [-0.2, -0.15) is 0 Å². The van der Waals surface area contributed by atoms with Crippen LogP contribution >= 0.6 is 46.3 Å². The predicted molar refractivity (Wildman–Crippen MR) is 113 cm³/mol. The van der Waals surface area contributed by atoms with Gasteiger partial charge in [0.1, 0.15) is 6.04 Å². The van der Waals surface area contributed by atoms with Crippen molar-refractivity contribution in [1.29, 1.82) is 0 Å². The van der Waals surface area contributed by atoms with Crippen molar-refractivity contribution in [3.63, 3.8) is 0 Å². The third-order valence-corrected chi connectivity index (χ3v) is 7.47. The van der Waals surface area contributed by atoms with Gasteiger partial charge in [-0.15, -0.1) is 10.2 Å². The van der Waals surface area contributed by atoms with Gasteiger partial charge in [-0.3, -0.25) is 14.4 Å². The summed E-state index contributed by atoms with van der Waals surface area (Å²) in [4.78, 5) is 12.6. The SMILES string of the molecule is CCCSc1nnc(NC(=O)[C@@H](C)N(c2ccc(Cl)c(Cl)c2)S(C)(=O)=O)s1. The molecule has 0 saturated heterocycles. The fourth-order valence-electron chi connectivity index (χ4n) is 2.15. The standard InChI is InChI=1S/C15H18Cl2N4O3S3/c1-4-7-25-15-20-19-14(26-15)18-13(22)9(2)21(27(3,23)24)10-5-6-11(16)12(17)8-10/h5-6,8-9H,4,7H2,1-3H3,(H,18,19,22)/t9-/m1/s1. The highest BCUT2D eigenvalue weighted by molar-refractivity contribution is 8.01. The maximum Gasteiger partial charge on any atom is 0.249 e. The zero-order chi connectivity index (χ0) is 20.2. The van der Waals surface area contributed by atoms with Crippen LogP contribution in [0, 0.1) is 0 Å². The maximum atomic E-state index is 12.6. The first-order chi connectivity index (χ1) is 12.6. The number of nitrogens with one attached hydrogen (secondary N) is 1. The minimum Gasteiger partial charge on any atom is -0.299 e. The first-order valence-corrected chi connectivity index (χ1v) is 12.3. The van der Waals surface area contributed by atoms with Crippen LogP contribution in [0.1, 0.15) is 20.3 Å². The molecule has 1 heterocycles. The molecule has 0 radical (unpaired) electrons. The second-order valence-electron chi connectivity index (χ2n) is 5.54. The largest absolute Gasteiger partial charge is 0.299 e. The molecular formula is C15H18Cl2N4O3S3. The Morgan fingerprint density at radius 1 is 1.33 bits per heavy atom. The molecule has 0 aliphatic rings. The van der Waals surface area contributed by atoms with Crippen molar-refractivity contribution in [3.8, 4) is 0 Å². The van der Waals surface area contributed by atoms with Gasteiger partial charge in [0.25, 0.3) is 0 Å². The fraction of sp³-hybridized carbons (Fsp3) is 0.400. The summed E-state index contributed by atoms with van der Waals surface area (Å²) < 4.78 is 26.3. The maximum absolute atomic E-state index is 12.6. The molecule has 2 rings (SSSR count). The normalized spacial score (nSPS) is 12.6. The summed E-state index contributed by atoms with van der Waals surface area (Å²) in [7, 11) is -3.76. The van der Waals surface area contributed by atoms with E-state index in [0.29, 0.717) is 5.13 Å². The van der Waals surface area contributed by atoms with E-state index in [9.17, 15) is 13.2 Å². The summed E-state index contributed by atoms with van der Waals surface area (Å²) in [6.07, 6.45) is 2.01. The second kappa shape index (κ2) is 9.42. The number of rotatable bonds is 8. The number of amides is 1. The number of benzene rings is 1. The molecule has 0 aliphatic heterocycles. The third kappa shape index (κ3) is 5.95. The molecule has 1 aromatic carbocycles. The van der Waals surface area contributed by atoms with Gasteiger partial charge in [-0.25, -0.2) is 8.42 Å². The molecule has 7 nitrogen and oxygen atoms in total. The predicted octanol–water partition coefficient (Wildman–Crippen LogP) is 4.14. The number of aromatic nitrogens is 2. The Hall–Kier alpha value is -1.07. The van der Waals surface area contributed by atoms with Gasteiger partial charge in [0.2, 0.25) is 21.1 Å². The van der Waals surface area contributed by atoms with Crippen LogP contribution in [-0.2, 0) is 14.8 Å². The van der Waals surface area contributed by atoms with Crippen LogP contribution in [0.15, 0.2) is 22.5 Å². The number of carbonyl (C=O) groups excluding carboxylic acids is 1. The minimum absolute atomic E-state index is 0.192. The average Bonchev–Trinajstić information content (AvgIpc) is 3.02. The molecule has 0 spiro atoms. The van der Waals surface area contributed by atoms with Crippen LogP contribution in [0.2, 0.25) is 10.0 Å². The van der Waals surface area contributed by atoms with Gasteiger partial charge in [0.05, 0.1) is 22.0 Å². The number of halogens is 2. The molecule has 2 aromatic rings. The summed E-state index contributed by atoms with van der Waals surface area (Å²) in [5.41, 5.74) is 0.242. The Labute approximate surface area is 176 Å². The quantitative estimate of drug-likeness (QED) is 0.462. The first kappa shape index (κ1) is 22.2. The van der Waals surface area contributed by atoms with E-state index in [1.165, 1.54) is 36.5 Å². The van der Waals surface area contributed by atoms with E-state index in [2.05, 4.69) is 22.4 Å². The van der Waals surface area contributed by atoms with Crippen LogP contribution in [0.3, 0.4) is 0 Å². The van der Waals surface area contributed by atoms with Crippen molar-refractivity contribution in [2.75, 3.05) is 21.6 Å². The summed E-state index contributed by atoms with van der Waals surface area (Å²) in [5, 5.41) is 11.3. The van der Waals surface area contributed by atoms with E-state index in [-0.39, 0.29) is 15.7 Å². The van der Waals surface area contributed by atoms with Gasteiger partial charge in [-0.05, 0) is 31.5 Å². The Bertz CT molecular complexity index is 921. The van der Waals surface area contributed by atoms with E-state index in [0.717, 1.165) is 27.1 Å². The zero-order valence-electron chi connectivity index (χ0n) is 14.8. The molecule has 12 heteroatoms. The number of hydrogen-bond donors (Lipinski definition) is 1. The zero-order valence-corrected chi connectivity index (χ0v) is 18.7. The molecule has 1 amide bonds. The highest BCUT2D eigenvalue weighted by Crippen LogP contribution is 2.30. The van der Waals surface area contributed by atoms with E-state index >= 15 is 0 Å². The van der Waals surface area contributed by atoms with E-state index < -0.39 is 22.0 Å². The number of hydrogen-bond acceptors (Lipinski definition) is 7. The van der Waals surface area contributed by atoms with E-state index in [1.807, 2.05) is 0 Å². The van der Waals surface area contributed by atoms with Gasteiger partial charge < -0.3 is 0 Å². The van der Waals surface area contributed by atoms with Crippen molar-refractivity contribution in [2.24, 2.45) is 0 Å². The van der Waals surface area contributed by atoms with Crippen molar-refractivity contribution in [3.05, 3.63) is 28.2 Å². The van der Waals surface area contributed by atoms with Crippen molar-refractivity contribution in [1.82, 2.24) is 10.2 Å². The minimum atomic E-state index is -3.76. The Kier molecular flexibility index (Phi) is 7.75. The lowest BCUT2D eigenvalue weighted by Gasteiger charge is -2.28. The molecule has 0 fully saturated rings. The average molecular weight is 469 g/mol.